The third kappa shape index (κ3) is 1.72. The zero-order valence-corrected chi connectivity index (χ0v) is 10.6. The van der Waals surface area contributed by atoms with Crippen LogP contribution in [0.25, 0.3) is 11.0 Å². The van der Waals surface area contributed by atoms with E-state index in [-0.39, 0.29) is 5.52 Å². The van der Waals surface area contributed by atoms with Crippen LogP contribution in [0.4, 0.5) is 5.69 Å². The normalized spacial score (nSPS) is 10.8. The fourth-order valence-corrected chi connectivity index (χ4v) is 1.86. The number of hydrogen-bond donors (Lipinski definition) is 1. The highest BCUT2D eigenvalue weighted by molar-refractivity contribution is 9.10. The Kier molecular flexibility index (Phi) is 2.70. The molecule has 7 heteroatoms. The molecule has 88 valence electrons. The molecule has 1 N–H and O–H groups in total. The average Bonchev–Trinajstić information content (AvgIpc) is 2.27. The summed E-state index contributed by atoms with van der Waals surface area (Å²) in [6.45, 7) is 3.55. The lowest BCUT2D eigenvalue weighted by Crippen LogP contribution is -1.97. The summed E-state index contributed by atoms with van der Waals surface area (Å²) in [6.07, 6.45) is 1.04. The highest BCUT2D eigenvalue weighted by Gasteiger charge is 2.20. The van der Waals surface area contributed by atoms with Crippen molar-refractivity contribution in [3.63, 3.8) is 0 Å². The van der Waals surface area contributed by atoms with Gasteiger partial charge in [0.15, 0.2) is 0 Å². The van der Waals surface area contributed by atoms with Crippen molar-refractivity contribution in [2.45, 2.75) is 13.8 Å². The van der Waals surface area contributed by atoms with Crippen LogP contribution in [0.2, 0.25) is 0 Å². The van der Waals surface area contributed by atoms with Crippen LogP contribution in [0.5, 0.6) is 5.75 Å². The number of fused-ring (bicyclic) bond motifs is 1. The van der Waals surface area contributed by atoms with Gasteiger partial charge in [-0.1, -0.05) is 0 Å². The van der Waals surface area contributed by atoms with E-state index in [0.717, 1.165) is 16.2 Å². The fraction of sp³-hybridized carbons (Fsp3) is 0.200. The average molecular weight is 298 g/mol. The van der Waals surface area contributed by atoms with Crippen molar-refractivity contribution in [3.8, 4) is 5.75 Å². The lowest BCUT2D eigenvalue weighted by molar-refractivity contribution is -0.386. The summed E-state index contributed by atoms with van der Waals surface area (Å²) in [6, 6.07) is 0. The molecule has 6 nitrogen and oxygen atoms in total. The van der Waals surface area contributed by atoms with Gasteiger partial charge in [-0.05, 0) is 35.3 Å². The molecule has 2 heterocycles. The number of halogens is 1. The van der Waals surface area contributed by atoms with E-state index in [4.69, 9.17) is 0 Å². The molecule has 0 aliphatic heterocycles. The van der Waals surface area contributed by atoms with Gasteiger partial charge in [-0.2, -0.15) is 0 Å². The SMILES string of the molecule is Cc1nc2c(O)c([N+](=O)[O-])cnc2c(C)c1Br. The summed E-state index contributed by atoms with van der Waals surface area (Å²) in [7, 11) is 0. The molecule has 2 aromatic rings. The molecule has 0 radical (unpaired) electrons. The largest absolute Gasteiger partial charge is 0.500 e. The molecule has 0 bridgehead atoms. The van der Waals surface area contributed by atoms with Gasteiger partial charge in [0.2, 0.25) is 5.75 Å². The number of aromatic nitrogens is 2. The van der Waals surface area contributed by atoms with Gasteiger partial charge in [0.1, 0.15) is 11.7 Å². The minimum absolute atomic E-state index is 0.150. The minimum atomic E-state index is -0.684. The van der Waals surface area contributed by atoms with Crippen molar-refractivity contribution in [1.29, 1.82) is 0 Å². The zero-order valence-electron chi connectivity index (χ0n) is 9.06. The van der Waals surface area contributed by atoms with E-state index in [1.54, 1.807) is 13.8 Å². The molecule has 0 atom stereocenters. The number of rotatable bonds is 1. The molecular formula is C10H8BrN3O3. The van der Waals surface area contributed by atoms with Crippen molar-refractivity contribution in [1.82, 2.24) is 9.97 Å². The second-order valence-corrected chi connectivity index (χ2v) is 4.38. The van der Waals surface area contributed by atoms with Crippen LogP contribution < -0.4 is 0 Å². The first-order valence-corrected chi connectivity index (χ1v) is 5.51. The fourth-order valence-electron chi connectivity index (χ4n) is 1.59. The van der Waals surface area contributed by atoms with Gasteiger partial charge in [-0.15, -0.1) is 0 Å². The van der Waals surface area contributed by atoms with E-state index in [9.17, 15) is 15.2 Å². The maximum absolute atomic E-state index is 10.7. The van der Waals surface area contributed by atoms with E-state index in [0.29, 0.717) is 11.2 Å². The maximum atomic E-state index is 10.7. The standard InChI is InChI=1S/C10H8BrN3O3/c1-4-7(11)5(2)13-9-8(4)12-3-6(10(9)15)14(16)17/h3H,1-2H3,(H,12,15). The lowest BCUT2D eigenvalue weighted by atomic mass is 10.1. The van der Waals surface area contributed by atoms with Crippen LogP contribution in [-0.4, -0.2) is 20.0 Å². The molecule has 2 aromatic heterocycles. The first-order chi connectivity index (χ1) is 7.93. The van der Waals surface area contributed by atoms with Crippen LogP contribution in [0.15, 0.2) is 10.7 Å². The Hall–Kier alpha value is -1.76. The summed E-state index contributed by atoms with van der Waals surface area (Å²) in [5.74, 6) is -0.446. The van der Waals surface area contributed by atoms with Gasteiger partial charge in [0, 0.05) is 4.47 Å². The number of nitrogens with zero attached hydrogens (tertiary/aromatic N) is 3. The Balaban J connectivity index is 2.92. The summed E-state index contributed by atoms with van der Waals surface area (Å²) in [5.41, 5.74) is 1.60. The molecule has 0 aliphatic rings. The molecule has 0 fully saturated rings. The number of aromatic hydroxyl groups is 1. The van der Waals surface area contributed by atoms with Crippen LogP contribution in [0.1, 0.15) is 11.3 Å². The van der Waals surface area contributed by atoms with E-state index in [2.05, 4.69) is 25.9 Å². The second-order valence-electron chi connectivity index (χ2n) is 3.58. The van der Waals surface area contributed by atoms with Crippen molar-refractivity contribution < 1.29 is 10.0 Å². The van der Waals surface area contributed by atoms with Gasteiger partial charge >= 0.3 is 5.69 Å². The number of aryl methyl sites for hydroxylation is 2. The number of hydrogen-bond acceptors (Lipinski definition) is 5. The molecule has 0 saturated heterocycles. The van der Waals surface area contributed by atoms with Gasteiger partial charge in [-0.25, -0.2) is 9.97 Å². The van der Waals surface area contributed by atoms with Crippen LogP contribution >= 0.6 is 15.9 Å². The minimum Gasteiger partial charge on any atom is -0.500 e. The molecule has 0 aliphatic carbocycles. The van der Waals surface area contributed by atoms with Crippen molar-refractivity contribution >= 4 is 32.7 Å². The first-order valence-electron chi connectivity index (χ1n) is 4.72. The van der Waals surface area contributed by atoms with E-state index in [1.807, 2.05) is 0 Å². The summed E-state index contributed by atoms with van der Waals surface area (Å²) in [4.78, 5) is 18.1. The molecular weight excluding hydrogens is 290 g/mol. The Morgan fingerprint density at radius 1 is 1.41 bits per heavy atom. The maximum Gasteiger partial charge on any atom is 0.331 e. The number of pyridine rings is 2. The van der Waals surface area contributed by atoms with Gasteiger partial charge < -0.3 is 5.11 Å². The van der Waals surface area contributed by atoms with E-state index < -0.39 is 16.4 Å². The highest BCUT2D eigenvalue weighted by Crippen LogP contribution is 2.35. The molecule has 2 rings (SSSR count). The second kappa shape index (κ2) is 3.92. The van der Waals surface area contributed by atoms with Gasteiger partial charge in [0.05, 0.1) is 16.1 Å². The van der Waals surface area contributed by atoms with Gasteiger partial charge in [0.25, 0.3) is 0 Å². The predicted octanol–water partition coefficient (Wildman–Crippen LogP) is 2.62. The van der Waals surface area contributed by atoms with Crippen LogP contribution in [0.3, 0.4) is 0 Å². The van der Waals surface area contributed by atoms with Crippen molar-refractivity contribution in [3.05, 3.63) is 32.0 Å². The Morgan fingerprint density at radius 3 is 2.65 bits per heavy atom. The third-order valence-corrected chi connectivity index (χ3v) is 3.65. The monoisotopic (exact) mass is 297 g/mol. The molecule has 0 saturated carbocycles. The Bertz CT molecular complexity index is 642. The van der Waals surface area contributed by atoms with Crippen molar-refractivity contribution in [2.75, 3.05) is 0 Å². The number of nitro groups is 1. The van der Waals surface area contributed by atoms with E-state index in [1.165, 1.54) is 0 Å². The summed E-state index contributed by atoms with van der Waals surface area (Å²) >= 11 is 3.35. The summed E-state index contributed by atoms with van der Waals surface area (Å²) in [5, 5.41) is 20.5. The Labute approximate surface area is 105 Å². The van der Waals surface area contributed by atoms with Crippen LogP contribution in [-0.2, 0) is 0 Å². The Morgan fingerprint density at radius 2 is 2.06 bits per heavy atom. The smallest absolute Gasteiger partial charge is 0.331 e. The summed E-state index contributed by atoms with van der Waals surface area (Å²) < 4.78 is 0.783. The van der Waals surface area contributed by atoms with Crippen LogP contribution in [0, 0.1) is 24.0 Å². The predicted molar refractivity (Wildman–Crippen MR) is 65.0 cm³/mol. The van der Waals surface area contributed by atoms with Gasteiger partial charge in [-0.3, -0.25) is 10.1 Å². The van der Waals surface area contributed by atoms with E-state index >= 15 is 0 Å². The third-order valence-electron chi connectivity index (χ3n) is 2.49. The lowest BCUT2D eigenvalue weighted by Gasteiger charge is -2.07. The molecule has 0 spiro atoms. The zero-order chi connectivity index (χ0) is 12.7. The topological polar surface area (TPSA) is 89.2 Å². The quantitative estimate of drug-likeness (QED) is 0.645. The van der Waals surface area contributed by atoms with Crippen molar-refractivity contribution in [2.24, 2.45) is 0 Å². The molecule has 17 heavy (non-hydrogen) atoms. The molecule has 0 aromatic carbocycles. The highest BCUT2D eigenvalue weighted by atomic mass is 79.9. The first kappa shape index (κ1) is 11.7. The molecule has 0 unspecified atom stereocenters. The molecule has 0 amide bonds.